The topological polar surface area (TPSA) is 130 Å². The molecule has 0 radical (unpaired) electrons. The maximum atomic E-state index is 5.94. The zero-order valence-electron chi connectivity index (χ0n) is 9.73. The molecule has 10 N–H and O–H groups in total. The zero-order chi connectivity index (χ0) is 11.8. The Morgan fingerprint density at radius 2 is 1.27 bits per heavy atom. The average Bonchev–Trinajstić information content (AvgIpc) is 2.00. The Morgan fingerprint density at radius 1 is 0.800 bits per heavy atom. The first-order chi connectivity index (χ1) is 6.95. The maximum Gasteiger partial charge on any atom is 0.00683 e. The minimum atomic E-state index is 0.0558. The van der Waals surface area contributed by atoms with Gasteiger partial charge in [0.2, 0.25) is 0 Å². The first-order valence-corrected chi connectivity index (χ1v) is 5.68. The summed E-state index contributed by atoms with van der Waals surface area (Å²) < 4.78 is 0. The van der Waals surface area contributed by atoms with Gasteiger partial charge in [0.15, 0.2) is 0 Å². The van der Waals surface area contributed by atoms with Gasteiger partial charge in [0.05, 0.1) is 0 Å². The van der Waals surface area contributed by atoms with E-state index in [1.807, 2.05) is 6.92 Å². The van der Waals surface area contributed by atoms with E-state index in [0.717, 1.165) is 25.7 Å². The van der Waals surface area contributed by atoms with Crippen LogP contribution in [0.25, 0.3) is 0 Å². The third-order valence-electron chi connectivity index (χ3n) is 2.42. The highest BCUT2D eigenvalue weighted by Gasteiger charge is 2.13. The molecule has 0 aliphatic carbocycles. The summed E-state index contributed by atoms with van der Waals surface area (Å²) in [6.45, 7) is 2.56. The van der Waals surface area contributed by atoms with Crippen LogP contribution in [0.1, 0.15) is 32.6 Å². The van der Waals surface area contributed by atoms with E-state index in [1.54, 1.807) is 0 Å². The highest BCUT2D eigenvalue weighted by molar-refractivity contribution is 4.77. The summed E-state index contributed by atoms with van der Waals surface area (Å²) in [7, 11) is 0. The number of rotatable bonds is 8. The second-order valence-electron chi connectivity index (χ2n) is 4.54. The highest BCUT2D eigenvalue weighted by atomic mass is 14.7. The van der Waals surface area contributed by atoms with Gasteiger partial charge in [-0.1, -0.05) is 0 Å². The van der Waals surface area contributed by atoms with Crippen LogP contribution in [0.4, 0.5) is 0 Å². The summed E-state index contributed by atoms with van der Waals surface area (Å²) in [4.78, 5) is 0. The SMILES string of the molecule is CC(N)CC(N)C[C@@H](N)C[C@@H](N)CCN. The molecule has 15 heavy (non-hydrogen) atoms. The van der Waals surface area contributed by atoms with Crippen LogP contribution in [-0.4, -0.2) is 30.7 Å². The van der Waals surface area contributed by atoms with E-state index in [1.165, 1.54) is 0 Å². The van der Waals surface area contributed by atoms with Crippen molar-refractivity contribution in [3.05, 3.63) is 0 Å². The molecule has 0 aromatic carbocycles. The van der Waals surface area contributed by atoms with Crippen molar-refractivity contribution in [2.75, 3.05) is 6.54 Å². The fourth-order valence-electron chi connectivity index (χ4n) is 1.78. The van der Waals surface area contributed by atoms with Crippen molar-refractivity contribution in [2.45, 2.75) is 56.8 Å². The highest BCUT2D eigenvalue weighted by Crippen LogP contribution is 2.06. The lowest BCUT2D eigenvalue weighted by atomic mass is 9.97. The van der Waals surface area contributed by atoms with Crippen LogP contribution in [0, 0.1) is 0 Å². The third-order valence-corrected chi connectivity index (χ3v) is 2.42. The Morgan fingerprint density at radius 3 is 1.73 bits per heavy atom. The minimum absolute atomic E-state index is 0.0558. The fraction of sp³-hybridized carbons (Fsp3) is 1.00. The standard InChI is InChI=1S/C10H27N5/c1-7(12)4-9(14)6-10(15)5-8(13)2-3-11/h7-10H,2-6,11-15H2,1H3/t7?,8-,9?,10-/m0/s1. The van der Waals surface area contributed by atoms with Gasteiger partial charge in [0.25, 0.3) is 0 Å². The van der Waals surface area contributed by atoms with Crippen LogP contribution >= 0.6 is 0 Å². The monoisotopic (exact) mass is 217 g/mol. The molecule has 2 unspecified atom stereocenters. The van der Waals surface area contributed by atoms with Crippen LogP contribution in [0.5, 0.6) is 0 Å². The summed E-state index contributed by atoms with van der Waals surface area (Å²) in [6.07, 6.45) is 3.18. The second-order valence-corrected chi connectivity index (χ2v) is 4.54. The molecule has 0 bridgehead atoms. The van der Waals surface area contributed by atoms with Crippen LogP contribution in [-0.2, 0) is 0 Å². The predicted octanol–water partition coefficient (Wildman–Crippen LogP) is -1.17. The molecule has 0 aromatic heterocycles. The molecule has 4 atom stereocenters. The third kappa shape index (κ3) is 8.77. The van der Waals surface area contributed by atoms with Crippen LogP contribution < -0.4 is 28.7 Å². The summed E-state index contributed by atoms with van der Waals surface area (Å²) in [6, 6.07) is 0.350. The van der Waals surface area contributed by atoms with Gasteiger partial charge in [-0.25, -0.2) is 0 Å². The molecule has 0 heterocycles. The van der Waals surface area contributed by atoms with Gasteiger partial charge < -0.3 is 28.7 Å². The van der Waals surface area contributed by atoms with Crippen LogP contribution in [0.3, 0.4) is 0 Å². The number of hydrogen-bond donors (Lipinski definition) is 5. The molecule has 0 spiro atoms. The Labute approximate surface area is 92.7 Å². The normalized spacial score (nSPS) is 19.6. The quantitative estimate of drug-likeness (QED) is 0.350. The van der Waals surface area contributed by atoms with E-state index in [-0.39, 0.29) is 24.2 Å². The molecule has 0 rings (SSSR count). The van der Waals surface area contributed by atoms with Crippen molar-refractivity contribution in [1.29, 1.82) is 0 Å². The van der Waals surface area contributed by atoms with E-state index in [9.17, 15) is 0 Å². The lowest BCUT2D eigenvalue weighted by molar-refractivity contribution is 0.422. The average molecular weight is 217 g/mol. The van der Waals surface area contributed by atoms with E-state index in [0.29, 0.717) is 6.54 Å². The minimum Gasteiger partial charge on any atom is -0.330 e. The lowest BCUT2D eigenvalue weighted by Crippen LogP contribution is -2.39. The first kappa shape index (κ1) is 14.8. The van der Waals surface area contributed by atoms with E-state index in [4.69, 9.17) is 28.7 Å². The maximum absolute atomic E-state index is 5.94. The summed E-state index contributed by atoms with van der Waals surface area (Å²) >= 11 is 0. The molecule has 5 nitrogen and oxygen atoms in total. The molecule has 0 saturated heterocycles. The molecule has 0 amide bonds. The summed E-state index contributed by atoms with van der Waals surface area (Å²) in [5, 5.41) is 0. The smallest absolute Gasteiger partial charge is 0.00683 e. The Balaban J connectivity index is 3.67. The Bertz CT molecular complexity index is 151. The van der Waals surface area contributed by atoms with Gasteiger partial charge in [0.1, 0.15) is 0 Å². The predicted molar refractivity (Wildman–Crippen MR) is 65.1 cm³/mol. The largest absolute Gasteiger partial charge is 0.330 e. The van der Waals surface area contributed by atoms with Crippen LogP contribution in [0.2, 0.25) is 0 Å². The van der Waals surface area contributed by atoms with E-state index < -0.39 is 0 Å². The molecule has 0 aliphatic rings. The van der Waals surface area contributed by atoms with Crippen molar-refractivity contribution < 1.29 is 0 Å². The van der Waals surface area contributed by atoms with E-state index >= 15 is 0 Å². The molecular formula is C10H27N5. The summed E-state index contributed by atoms with van der Waals surface area (Å²) in [5.74, 6) is 0. The van der Waals surface area contributed by atoms with Crippen molar-refractivity contribution in [3.63, 3.8) is 0 Å². The fourth-order valence-corrected chi connectivity index (χ4v) is 1.78. The molecule has 5 heteroatoms. The summed E-state index contributed by atoms with van der Waals surface area (Å²) in [5.41, 5.74) is 28.7. The molecule has 0 aromatic rings. The Kier molecular flexibility index (Phi) is 7.90. The molecule has 0 saturated carbocycles. The lowest BCUT2D eigenvalue weighted by Gasteiger charge is -2.21. The molecule has 0 fully saturated rings. The molecular weight excluding hydrogens is 190 g/mol. The van der Waals surface area contributed by atoms with Gasteiger partial charge in [-0.05, 0) is 39.2 Å². The zero-order valence-corrected chi connectivity index (χ0v) is 9.73. The van der Waals surface area contributed by atoms with Gasteiger partial charge in [-0.2, -0.15) is 0 Å². The number of nitrogens with two attached hydrogens (primary N) is 5. The number of hydrogen-bond acceptors (Lipinski definition) is 5. The van der Waals surface area contributed by atoms with Gasteiger partial charge in [0, 0.05) is 24.2 Å². The van der Waals surface area contributed by atoms with Crippen molar-refractivity contribution in [1.82, 2.24) is 0 Å². The molecule has 92 valence electrons. The van der Waals surface area contributed by atoms with Crippen molar-refractivity contribution >= 4 is 0 Å². The van der Waals surface area contributed by atoms with Gasteiger partial charge in [-0.15, -0.1) is 0 Å². The van der Waals surface area contributed by atoms with Gasteiger partial charge >= 0.3 is 0 Å². The Hall–Kier alpha value is -0.200. The van der Waals surface area contributed by atoms with E-state index in [2.05, 4.69) is 0 Å². The molecule has 0 aliphatic heterocycles. The van der Waals surface area contributed by atoms with Crippen LogP contribution in [0.15, 0.2) is 0 Å². The van der Waals surface area contributed by atoms with Crippen molar-refractivity contribution in [3.8, 4) is 0 Å². The van der Waals surface area contributed by atoms with Gasteiger partial charge in [-0.3, -0.25) is 0 Å². The first-order valence-electron chi connectivity index (χ1n) is 5.68. The second kappa shape index (κ2) is 8.01. The van der Waals surface area contributed by atoms with Crippen molar-refractivity contribution in [2.24, 2.45) is 28.7 Å².